The first kappa shape index (κ1) is 13.3. The van der Waals surface area contributed by atoms with Gasteiger partial charge in [-0.15, -0.1) is 0 Å². The molecule has 2 unspecified atom stereocenters. The number of nitrogens with zero attached hydrogens (tertiary/aromatic N) is 2. The first-order valence-corrected chi connectivity index (χ1v) is 7.07. The molecule has 0 radical (unpaired) electrons. The van der Waals surface area contributed by atoms with Gasteiger partial charge in [-0.1, -0.05) is 0 Å². The van der Waals surface area contributed by atoms with Crippen molar-refractivity contribution < 1.29 is 0 Å². The van der Waals surface area contributed by atoms with Crippen LogP contribution in [-0.2, 0) is 0 Å². The van der Waals surface area contributed by atoms with Crippen LogP contribution in [0.4, 0.5) is 0 Å². The molecule has 4 nitrogen and oxygen atoms in total. The summed E-state index contributed by atoms with van der Waals surface area (Å²) in [5.74, 6) is 1.46. The van der Waals surface area contributed by atoms with Crippen molar-refractivity contribution in [1.29, 1.82) is 0 Å². The average molecular weight is 240 g/mol. The van der Waals surface area contributed by atoms with Crippen LogP contribution in [0.15, 0.2) is 0 Å². The van der Waals surface area contributed by atoms with E-state index in [9.17, 15) is 0 Å². The zero-order valence-electron chi connectivity index (χ0n) is 11.1. The summed E-state index contributed by atoms with van der Waals surface area (Å²) < 4.78 is 0. The highest BCUT2D eigenvalue weighted by molar-refractivity contribution is 4.88. The first-order valence-electron chi connectivity index (χ1n) is 7.07. The molecule has 2 aliphatic heterocycles. The molecule has 0 aromatic carbocycles. The quantitative estimate of drug-likeness (QED) is 0.722. The van der Waals surface area contributed by atoms with E-state index < -0.39 is 0 Å². The summed E-state index contributed by atoms with van der Waals surface area (Å²) >= 11 is 0. The minimum atomic E-state index is 0.417. The molecule has 0 bridgehead atoms. The van der Waals surface area contributed by atoms with E-state index in [0.29, 0.717) is 6.04 Å². The van der Waals surface area contributed by atoms with Gasteiger partial charge in [0.1, 0.15) is 0 Å². The van der Waals surface area contributed by atoms with Crippen LogP contribution in [0.2, 0.25) is 0 Å². The van der Waals surface area contributed by atoms with Crippen LogP contribution >= 0.6 is 0 Å². The molecule has 100 valence electrons. The van der Waals surface area contributed by atoms with E-state index in [-0.39, 0.29) is 0 Å². The minimum absolute atomic E-state index is 0.417. The Bertz CT molecular complexity index is 225. The van der Waals surface area contributed by atoms with Crippen LogP contribution in [0.1, 0.15) is 19.3 Å². The van der Waals surface area contributed by atoms with Crippen molar-refractivity contribution in [2.75, 3.05) is 46.3 Å². The second-order valence-corrected chi connectivity index (χ2v) is 5.86. The predicted molar refractivity (Wildman–Crippen MR) is 71.8 cm³/mol. The highest BCUT2D eigenvalue weighted by Crippen LogP contribution is 2.27. The third-order valence-electron chi connectivity index (χ3n) is 4.59. The van der Waals surface area contributed by atoms with Crippen molar-refractivity contribution in [2.24, 2.45) is 23.3 Å². The lowest BCUT2D eigenvalue weighted by Crippen LogP contribution is -2.45. The van der Waals surface area contributed by atoms with Gasteiger partial charge in [0.05, 0.1) is 0 Å². The molecule has 0 aliphatic carbocycles. The van der Waals surface area contributed by atoms with Gasteiger partial charge in [0.25, 0.3) is 0 Å². The van der Waals surface area contributed by atoms with Gasteiger partial charge >= 0.3 is 0 Å². The largest absolute Gasteiger partial charge is 0.329 e. The van der Waals surface area contributed by atoms with Crippen LogP contribution in [-0.4, -0.2) is 62.2 Å². The lowest BCUT2D eigenvalue weighted by atomic mass is 9.82. The molecular formula is C13H28N4. The van der Waals surface area contributed by atoms with Gasteiger partial charge in [-0.05, 0) is 57.8 Å². The summed E-state index contributed by atoms with van der Waals surface area (Å²) in [6, 6.07) is 0.417. The summed E-state index contributed by atoms with van der Waals surface area (Å²) in [6.45, 7) is 6.64. The number of hydrogen-bond donors (Lipinski definition) is 2. The van der Waals surface area contributed by atoms with Gasteiger partial charge in [-0.25, -0.2) is 0 Å². The molecule has 0 spiro atoms. The third-order valence-corrected chi connectivity index (χ3v) is 4.59. The Morgan fingerprint density at radius 1 is 1.12 bits per heavy atom. The monoisotopic (exact) mass is 240 g/mol. The number of nitrogens with two attached hydrogens (primary N) is 2. The normalized spacial score (nSPS) is 30.9. The van der Waals surface area contributed by atoms with E-state index in [1.54, 1.807) is 0 Å². The molecule has 0 aromatic heterocycles. The SMILES string of the molecule is CN1CCC(C(N)C2CCN(CCN)CC2)C1. The van der Waals surface area contributed by atoms with E-state index in [2.05, 4.69) is 16.8 Å². The van der Waals surface area contributed by atoms with Crippen molar-refractivity contribution in [3.8, 4) is 0 Å². The molecule has 2 rings (SSSR count). The zero-order valence-corrected chi connectivity index (χ0v) is 11.1. The van der Waals surface area contributed by atoms with Crippen LogP contribution in [0.25, 0.3) is 0 Å². The Balaban J connectivity index is 1.76. The fourth-order valence-electron chi connectivity index (χ4n) is 3.41. The number of likely N-dealkylation sites (tertiary alicyclic amines) is 2. The topological polar surface area (TPSA) is 58.5 Å². The standard InChI is InChI=1S/C13H28N4/c1-16-6-2-12(10-16)13(15)11-3-7-17(8-4-11)9-5-14/h11-13H,2-10,14-15H2,1H3. The lowest BCUT2D eigenvalue weighted by Gasteiger charge is -2.36. The fraction of sp³-hybridized carbons (Fsp3) is 1.00. The second-order valence-electron chi connectivity index (χ2n) is 5.86. The predicted octanol–water partition coefficient (Wildman–Crippen LogP) is -0.0639. The molecule has 0 aromatic rings. The Labute approximate surface area is 105 Å². The Kier molecular flexibility index (Phi) is 4.79. The first-order chi connectivity index (χ1) is 8.20. The van der Waals surface area contributed by atoms with E-state index in [1.807, 2.05) is 0 Å². The van der Waals surface area contributed by atoms with Crippen molar-refractivity contribution in [2.45, 2.75) is 25.3 Å². The summed E-state index contributed by atoms with van der Waals surface area (Å²) in [6.07, 6.45) is 3.82. The molecule has 4 heteroatoms. The van der Waals surface area contributed by atoms with Crippen molar-refractivity contribution in [3.05, 3.63) is 0 Å². The maximum absolute atomic E-state index is 6.47. The highest BCUT2D eigenvalue weighted by Gasteiger charge is 2.32. The molecule has 4 N–H and O–H groups in total. The molecule has 17 heavy (non-hydrogen) atoms. The van der Waals surface area contributed by atoms with Gasteiger partial charge in [-0.3, -0.25) is 0 Å². The highest BCUT2D eigenvalue weighted by atomic mass is 15.1. The van der Waals surface area contributed by atoms with Gasteiger partial charge in [0.15, 0.2) is 0 Å². The van der Waals surface area contributed by atoms with E-state index in [0.717, 1.165) is 24.9 Å². The van der Waals surface area contributed by atoms with Crippen LogP contribution < -0.4 is 11.5 Å². The second kappa shape index (κ2) is 6.14. The van der Waals surface area contributed by atoms with E-state index in [4.69, 9.17) is 11.5 Å². The molecule has 2 atom stereocenters. The maximum atomic E-state index is 6.47. The molecule has 2 saturated heterocycles. The average Bonchev–Trinajstić information content (AvgIpc) is 2.76. The third kappa shape index (κ3) is 3.41. The van der Waals surface area contributed by atoms with Crippen LogP contribution in [0, 0.1) is 11.8 Å². The van der Waals surface area contributed by atoms with Crippen LogP contribution in [0.3, 0.4) is 0 Å². The van der Waals surface area contributed by atoms with Crippen molar-refractivity contribution >= 4 is 0 Å². The number of hydrogen-bond acceptors (Lipinski definition) is 4. The Morgan fingerprint density at radius 2 is 1.76 bits per heavy atom. The van der Waals surface area contributed by atoms with Gasteiger partial charge in [0, 0.05) is 25.7 Å². The van der Waals surface area contributed by atoms with E-state index >= 15 is 0 Å². The summed E-state index contributed by atoms with van der Waals surface area (Å²) in [5, 5.41) is 0. The Hall–Kier alpha value is -0.160. The summed E-state index contributed by atoms with van der Waals surface area (Å²) in [5.41, 5.74) is 12.1. The number of piperidine rings is 1. The molecule has 0 saturated carbocycles. The van der Waals surface area contributed by atoms with Gasteiger partial charge < -0.3 is 21.3 Å². The van der Waals surface area contributed by atoms with E-state index in [1.165, 1.54) is 45.4 Å². The summed E-state index contributed by atoms with van der Waals surface area (Å²) in [7, 11) is 2.20. The van der Waals surface area contributed by atoms with Crippen molar-refractivity contribution in [1.82, 2.24) is 9.80 Å². The summed E-state index contributed by atoms with van der Waals surface area (Å²) in [4.78, 5) is 4.89. The molecule has 2 heterocycles. The molecule has 2 fully saturated rings. The van der Waals surface area contributed by atoms with Gasteiger partial charge in [0.2, 0.25) is 0 Å². The molecular weight excluding hydrogens is 212 g/mol. The van der Waals surface area contributed by atoms with Crippen molar-refractivity contribution in [3.63, 3.8) is 0 Å². The zero-order chi connectivity index (χ0) is 12.3. The van der Waals surface area contributed by atoms with Gasteiger partial charge in [-0.2, -0.15) is 0 Å². The van der Waals surface area contributed by atoms with Crippen LogP contribution in [0.5, 0.6) is 0 Å². The number of rotatable bonds is 4. The Morgan fingerprint density at radius 3 is 2.29 bits per heavy atom. The fourth-order valence-corrected chi connectivity index (χ4v) is 3.41. The molecule has 2 aliphatic rings. The minimum Gasteiger partial charge on any atom is -0.329 e. The maximum Gasteiger partial charge on any atom is 0.0109 e. The smallest absolute Gasteiger partial charge is 0.0109 e. The molecule has 0 amide bonds. The lowest BCUT2D eigenvalue weighted by molar-refractivity contribution is 0.154.